The van der Waals surface area contributed by atoms with E-state index in [0.717, 1.165) is 17.5 Å². The molecule has 0 unspecified atom stereocenters. The van der Waals surface area contributed by atoms with Gasteiger partial charge < -0.3 is 10.0 Å². The molecule has 1 fully saturated rings. The molecular weight excluding hydrogens is 260 g/mol. The van der Waals surface area contributed by atoms with Gasteiger partial charge in [0.15, 0.2) is 0 Å². The van der Waals surface area contributed by atoms with Crippen LogP contribution in [0.1, 0.15) is 12.8 Å². The van der Waals surface area contributed by atoms with E-state index >= 15 is 0 Å². The van der Waals surface area contributed by atoms with Gasteiger partial charge in [0, 0.05) is 6.54 Å². The van der Waals surface area contributed by atoms with Crippen LogP contribution in [0.4, 0.5) is 0 Å². The van der Waals surface area contributed by atoms with Gasteiger partial charge in [-0.2, -0.15) is 0 Å². The first-order valence-electron chi connectivity index (χ1n) is 6.47. The van der Waals surface area contributed by atoms with Gasteiger partial charge in [0.1, 0.15) is 18.1 Å². The molecule has 1 aliphatic rings. The maximum Gasteiger partial charge on any atom is 0.326 e. The molecule has 2 heterocycles. The minimum Gasteiger partial charge on any atom is -0.480 e. The van der Waals surface area contributed by atoms with Crippen molar-refractivity contribution in [2.75, 3.05) is 6.54 Å². The molecule has 1 aromatic carbocycles. The molecule has 1 N–H and O–H groups in total. The summed E-state index contributed by atoms with van der Waals surface area (Å²) in [5.41, 5.74) is 1.49. The van der Waals surface area contributed by atoms with Gasteiger partial charge in [0.05, 0.1) is 5.52 Å². The van der Waals surface area contributed by atoms with Crippen LogP contribution in [-0.2, 0) is 16.1 Å². The molecule has 20 heavy (non-hydrogen) atoms. The SMILES string of the molecule is O=C(O)[C@@H]1CCCN1C(=O)Cn1nnc2ccccc21. The van der Waals surface area contributed by atoms with Gasteiger partial charge in [-0.1, -0.05) is 17.3 Å². The van der Waals surface area contributed by atoms with E-state index in [-0.39, 0.29) is 12.5 Å². The molecule has 3 rings (SSSR count). The van der Waals surface area contributed by atoms with E-state index in [1.165, 1.54) is 9.58 Å². The fourth-order valence-corrected chi connectivity index (χ4v) is 2.58. The molecule has 1 atom stereocenters. The Hall–Kier alpha value is -2.44. The van der Waals surface area contributed by atoms with E-state index in [4.69, 9.17) is 5.11 Å². The van der Waals surface area contributed by atoms with Crippen LogP contribution in [0.2, 0.25) is 0 Å². The van der Waals surface area contributed by atoms with E-state index in [1.54, 1.807) is 0 Å². The van der Waals surface area contributed by atoms with Crippen molar-refractivity contribution < 1.29 is 14.7 Å². The van der Waals surface area contributed by atoms with Gasteiger partial charge in [-0.15, -0.1) is 5.10 Å². The molecule has 104 valence electrons. The summed E-state index contributed by atoms with van der Waals surface area (Å²) in [6, 6.07) is 6.64. The zero-order chi connectivity index (χ0) is 14.1. The van der Waals surface area contributed by atoms with Crippen LogP contribution < -0.4 is 0 Å². The van der Waals surface area contributed by atoms with Crippen molar-refractivity contribution in [2.45, 2.75) is 25.4 Å². The van der Waals surface area contributed by atoms with Crippen molar-refractivity contribution in [3.8, 4) is 0 Å². The zero-order valence-electron chi connectivity index (χ0n) is 10.8. The first-order chi connectivity index (χ1) is 9.66. The molecule has 0 aliphatic carbocycles. The number of benzene rings is 1. The molecular formula is C13H14N4O3. The van der Waals surface area contributed by atoms with Crippen LogP contribution in [0, 0.1) is 0 Å². The number of carboxylic acid groups (broad SMARTS) is 1. The number of nitrogens with zero attached hydrogens (tertiary/aromatic N) is 4. The number of carboxylic acids is 1. The highest BCUT2D eigenvalue weighted by Gasteiger charge is 2.34. The van der Waals surface area contributed by atoms with Crippen LogP contribution in [0.25, 0.3) is 11.0 Å². The fraction of sp³-hybridized carbons (Fsp3) is 0.385. The largest absolute Gasteiger partial charge is 0.480 e. The van der Waals surface area contributed by atoms with Crippen molar-refractivity contribution in [1.29, 1.82) is 0 Å². The predicted octanol–water partition coefficient (Wildman–Crippen LogP) is 0.507. The smallest absolute Gasteiger partial charge is 0.326 e. The molecule has 1 amide bonds. The number of carbonyl (C=O) groups is 2. The Balaban J connectivity index is 1.80. The number of rotatable bonds is 3. The Bertz CT molecular complexity index is 666. The second kappa shape index (κ2) is 4.92. The average Bonchev–Trinajstić information content (AvgIpc) is 3.06. The van der Waals surface area contributed by atoms with E-state index in [9.17, 15) is 9.59 Å². The van der Waals surface area contributed by atoms with Gasteiger partial charge in [0.2, 0.25) is 5.91 Å². The summed E-state index contributed by atoms with van der Waals surface area (Å²) in [5.74, 6) is -1.18. The predicted molar refractivity (Wildman–Crippen MR) is 69.9 cm³/mol. The Morgan fingerprint density at radius 3 is 2.95 bits per heavy atom. The van der Waals surface area contributed by atoms with Crippen LogP contribution >= 0.6 is 0 Å². The summed E-state index contributed by atoms with van der Waals surface area (Å²) in [7, 11) is 0. The van der Waals surface area contributed by atoms with E-state index < -0.39 is 12.0 Å². The second-order valence-electron chi connectivity index (χ2n) is 4.82. The van der Waals surface area contributed by atoms with Gasteiger partial charge in [-0.3, -0.25) is 4.79 Å². The van der Waals surface area contributed by atoms with Crippen LogP contribution in [0.3, 0.4) is 0 Å². The maximum absolute atomic E-state index is 12.2. The summed E-state index contributed by atoms with van der Waals surface area (Å²) >= 11 is 0. The third-order valence-corrected chi connectivity index (χ3v) is 3.56. The topological polar surface area (TPSA) is 88.3 Å². The highest BCUT2D eigenvalue weighted by molar-refractivity contribution is 5.85. The van der Waals surface area contributed by atoms with Crippen LogP contribution in [-0.4, -0.2) is 49.5 Å². The summed E-state index contributed by atoms with van der Waals surface area (Å²) in [5, 5.41) is 17.0. The second-order valence-corrected chi connectivity index (χ2v) is 4.82. The van der Waals surface area contributed by atoms with Crippen LogP contribution in [0.15, 0.2) is 24.3 Å². The maximum atomic E-state index is 12.2. The monoisotopic (exact) mass is 274 g/mol. The number of hydrogen-bond acceptors (Lipinski definition) is 4. The lowest BCUT2D eigenvalue weighted by Crippen LogP contribution is -2.42. The van der Waals surface area contributed by atoms with Gasteiger partial charge in [-0.25, -0.2) is 9.48 Å². The molecule has 1 aliphatic heterocycles. The average molecular weight is 274 g/mol. The highest BCUT2D eigenvalue weighted by Crippen LogP contribution is 2.18. The molecule has 1 saturated heterocycles. The first kappa shape index (κ1) is 12.6. The number of aliphatic carboxylic acids is 1. The number of aromatic nitrogens is 3. The fourth-order valence-electron chi connectivity index (χ4n) is 2.58. The number of hydrogen-bond donors (Lipinski definition) is 1. The van der Waals surface area contributed by atoms with E-state index in [0.29, 0.717) is 13.0 Å². The minimum atomic E-state index is -0.945. The quantitative estimate of drug-likeness (QED) is 0.880. The molecule has 0 bridgehead atoms. The highest BCUT2D eigenvalue weighted by atomic mass is 16.4. The lowest BCUT2D eigenvalue weighted by atomic mass is 10.2. The molecule has 0 radical (unpaired) electrons. The standard InChI is InChI=1S/C13H14N4O3/c18-12(16-7-3-6-11(16)13(19)20)8-17-10-5-2-1-4-9(10)14-15-17/h1-2,4-5,11H,3,6-8H2,(H,19,20)/t11-/m0/s1. The molecule has 0 spiro atoms. The van der Waals surface area contributed by atoms with Crippen molar-refractivity contribution in [2.24, 2.45) is 0 Å². The first-order valence-corrected chi connectivity index (χ1v) is 6.47. The van der Waals surface area contributed by atoms with Gasteiger partial charge in [-0.05, 0) is 25.0 Å². The number of fused-ring (bicyclic) bond motifs is 1. The van der Waals surface area contributed by atoms with Crippen molar-refractivity contribution in [3.63, 3.8) is 0 Å². The summed E-state index contributed by atoms with van der Waals surface area (Å²) in [6.45, 7) is 0.507. The lowest BCUT2D eigenvalue weighted by molar-refractivity contribution is -0.148. The Morgan fingerprint density at radius 1 is 1.35 bits per heavy atom. The third kappa shape index (κ3) is 2.11. The van der Waals surface area contributed by atoms with Gasteiger partial charge >= 0.3 is 5.97 Å². The lowest BCUT2D eigenvalue weighted by Gasteiger charge is -2.21. The van der Waals surface area contributed by atoms with Crippen LogP contribution in [0.5, 0.6) is 0 Å². The Labute approximate surface area is 114 Å². The molecule has 7 nitrogen and oxygen atoms in total. The number of likely N-dealkylation sites (tertiary alicyclic amines) is 1. The molecule has 1 aromatic heterocycles. The summed E-state index contributed by atoms with van der Waals surface area (Å²) in [4.78, 5) is 24.8. The number of carbonyl (C=O) groups excluding carboxylic acids is 1. The third-order valence-electron chi connectivity index (χ3n) is 3.56. The Morgan fingerprint density at radius 2 is 2.15 bits per heavy atom. The normalized spacial score (nSPS) is 18.6. The summed E-state index contributed by atoms with van der Waals surface area (Å²) in [6.07, 6.45) is 1.24. The molecule has 0 saturated carbocycles. The van der Waals surface area contributed by atoms with E-state index in [1.807, 2.05) is 24.3 Å². The molecule has 2 aromatic rings. The van der Waals surface area contributed by atoms with Gasteiger partial charge in [0.25, 0.3) is 0 Å². The number of amides is 1. The summed E-state index contributed by atoms with van der Waals surface area (Å²) < 4.78 is 1.51. The van der Waals surface area contributed by atoms with Crippen molar-refractivity contribution in [1.82, 2.24) is 19.9 Å². The Kier molecular flexibility index (Phi) is 3.09. The van der Waals surface area contributed by atoms with Crippen molar-refractivity contribution in [3.05, 3.63) is 24.3 Å². The van der Waals surface area contributed by atoms with E-state index in [2.05, 4.69) is 10.3 Å². The minimum absolute atomic E-state index is 0.0181. The van der Waals surface area contributed by atoms with Crippen molar-refractivity contribution >= 4 is 22.9 Å². The molecule has 7 heteroatoms. The number of para-hydroxylation sites is 1. The zero-order valence-corrected chi connectivity index (χ0v) is 10.8.